The molecule has 194 valence electrons. The average Bonchev–Trinajstić information content (AvgIpc) is 3.62. The SMILES string of the molecule is N#Cc1c(-c2ccc3sc4ccccc4c3c2)cc(-c2cccc3c2sc2ccccc23)c(C#N)c1-c1ccccc1. The molecule has 0 amide bonds. The van der Waals surface area contributed by atoms with Crippen LogP contribution in [0.25, 0.3) is 73.7 Å². The van der Waals surface area contributed by atoms with Crippen LogP contribution in [-0.4, -0.2) is 0 Å². The van der Waals surface area contributed by atoms with Gasteiger partial charge < -0.3 is 0 Å². The summed E-state index contributed by atoms with van der Waals surface area (Å²) in [6.07, 6.45) is 0. The van der Waals surface area contributed by atoms with Crippen molar-refractivity contribution in [1.29, 1.82) is 10.5 Å². The molecule has 0 saturated carbocycles. The third kappa shape index (κ3) is 3.67. The molecule has 42 heavy (non-hydrogen) atoms. The fourth-order valence-electron chi connectivity index (χ4n) is 6.10. The van der Waals surface area contributed by atoms with E-state index in [1.54, 1.807) is 22.7 Å². The van der Waals surface area contributed by atoms with Crippen molar-refractivity contribution in [2.24, 2.45) is 0 Å². The smallest absolute Gasteiger partial charge is 0.100 e. The lowest BCUT2D eigenvalue weighted by atomic mass is 9.83. The van der Waals surface area contributed by atoms with Crippen molar-refractivity contribution in [1.82, 2.24) is 0 Å². The van der Waals surface area contributed by atoms with Crippen molar-refractivity contribution in [2.75, 3.05) is 0 Å². The van der Waals surface area contributed by atoms with Gasteiger partial charge in [-0.3, -0.25) is 0 Å². The van der Waals surface area contributed by atoms with Crippen molar-refractivity contribution in [3.8, 4) is 45.5 Å². The van der Waals surface area contributed by atoms with E-state index in [0.29, 0.717) is 16.7 Å². The molecule has 0 atom stereocenters. The van der Waals surface area contributed by atoms with E-state index in [1.807, 2.05) is 30.3 Å². The van der Waals surface area contributed by atoms with Crippen LogP contribution in [-0.2, 0) is 0 Å². The van der Waals surface area contributed by atoms with Gasteiger partial charge in [0.1, 0.15) is 12.1 Å². The molecule has 0 unspecified atom stereocenters. The second kappa shape index (κ2) is 9.68. The highest BCUT2D eigenvalue weighted by Crippen LogP contribution is 2.46. The number of nitrogens with zero attached hydrogens (tertiary/aromatic N) is 2. The van der Waals surface area contributed by atoms with Gasteiger partial charge in [0.15, 0.2) is 0 Å². The number of fused-ring (bicyclic) bond motifs is 6. The third-order valence-corrected chi connectivity index (χ3v) is 10.4. The first-order chi connectivity index (χ1) is 20.7. The largest absolute Gasteiger partial charge is 0.192 e. The molecule has 2 heterocycles. The topological polar surface area (TPSA) is 47.6 Å². The van der Waals surface area contributed by atoms with Crippen molar-refractivity contribution >= 4 is 63.0 Å². The van der Waals surface area contributed by atoms with Gasteiger partial charge >= 0.3 is 0 Å². The summed E-state index contributed by atoms with van der Waals surface area (Å²) in [5.41, 5.74) is 6.24. The lowest BCUT2D eigenvalue weighted by molar-refractivity contribution is 1.44. The van der Waals surface area contributed by atoms with Gasteiger partial charge in [0, 0.05) is 62.6 Å². The van der Waals surface area contributed by atoms with E-state index in [1.165, 1.54) is 35.6 Å². The van der Waals surface area contributed by atoms with E-state index in [9.17, 15) is 10.5 Å². The van der Waals surface area contributed by atoms with E-state index in [2.05, 4.69) is 103 Å². The van der Waals surface area contributed by atoms with Crippen molar-refractivity contribution in [2.45, 2.75) is 0 Å². The number of nitriles is 2. The van der Waals surface area contributed by atoms with Gasteiger partial charge in [-0.1, -0.05) is 91.0 Å². The molecule has 0 spiro atoms. The summed E-state index contributed by atoms with van der Waals surface area (Å²) in [6.45, 7) is 0. The van der Waals surface area contributed by atoms with Crippen LogP contribution in [0, 0.1) is 22.7 Å². The lowest BCUT2D eigenvalue weighted by Crippen LogP contribution is -1.98. The van der Waals surface area contributed by atoms with Crippen LogP contribution in [0.2, 0.25) is 0 Å². The molecule has 8 rings (SSSR count). The van der Waals surface area contributed by atoms with Crippen LogP contribution >= 0.6 is 22.7 Å². The monoisotopic (exact) mass is 568 g/mol. The molecule has 0 N–H and O–H groups in total. The Balaban J connectivity index is 1.50. The Kier molecular flexibility index (Phi) is 5.66. The Morgan fingerprint density at radius 3 is 1.81 bits per heavy atom. The zero-order valence-corrected chi connectivity index (χ0v) is 23.9. The van der Waals surface area contributed by atoms with Gasteiger partial charge in [-0.15, -0.1) is 22.7 Å². The highest BCUT2D eigenvalue weighted by molar-refractivity contribution is 7.26. The van der Waals surface area contributed by atoms with Gasteiger partial charge in [0.2, 0.25) is 0 Å². The summed E-state index contributed by atoms with van der Waals surface area (Å²) in [5.74, 6) is 0. The summed E-state index contributed by atoms with van der Waals surface area (Å²) >= 11 is 3.53. The predicted molar refractivity (Wildman–Crippen MR) is 178 cm³/mol. The highest BCUT2D eigenvalue weighted by Gasteiger charge is 2.23. The van der Waals surface area contributed by atoms with Gasteiger partial charge in [-0.05, 0) is 41.5 Å². The zero-order valence-electron chi connectivity index (χ0n) is 22.3. The molecule has 2 aromatic heterocycles. The number of benzene rings is 6. The number of thiophene rings is 2. The van der Waals surface area contributed by atoms with Crippen LogP contribution in [0.1, 0.15) is 11.1 Å². The van der Waals surface area contributed by atoms with Crippen LogP contribution in [0.3, 0.4) is 0 Å². The number of hydrogen-bond donors (Lipinski definition) is 0. The van der Waals surface area contributed by atoms with Gasteiger partial charge in [0.05, 0.1) is 11.1 Å². The minimum absolute atomic E-state index is 0.518. The van der Waals surface area contributed by atoms with Crippen molar-refractivity contribution in [3.63, 3.8) is 0 Å². The molecule has 2 nitrogen and oxygen atoms in total. The third-order valence-electron chi connectivity index (χ3n) is 8.00. The summed E-state index contributed by atoms with van der Waals surface area (Å²) in [5, 5.41) is 26.1. The summed E-state index contributed by atoms with van der Waals surface area (Å²) in [4.78, 5) is 0. The first kappa shape index (κ1) is 24.5. The Labute approximate surface area is 250 Å². The normalized spacial score (nSPS) is 11.3. The Morgan fingerprint density at radius 2 is 1.05 bits per heavy atom. The van der Waals surface area contributed by atoms with Gasteiger partial charge in [-0.25, -0.2) is 0 Å². The molecular weight excluding hydrogens is 549 g/mol. The zero-order chi connectivity index (χ0) is 28.2. The fourth-order valence-corrected chi connectivity index (χ4v) is 8.42. The number of rotatable bonds is 3. The Morgan fingerprint density at radius 1 is 0.429 bits per heavy atom. The fraction of sp³-hybridized carbons (Fsp3) is 0. The second-order valence-electron chi connectivity index (χ2n) is 10.3. The van der Waals surface area contributed by atoms with E-state index < -0.39 is 0 Å². The minimum atomic E-state index is 0.518. The molecule has 0 radical (unpaired) electrons. The first-order valence-electron chi connectivity index (χ1n) is 13.6. The van der Waals surface area contributed by atoms with E-state index >= 15 is 0 Å². The predicted octanol–water partition coefficient (Wildman–Crippen LogP) is 11.2. The molecule has 6 aromatic carbocycles. The Hall–Kier alpha value is -5.26. The van der Waals surface area contributed by atoms with Crippen LogP contribution in [0.5, 0.6) is 0 Å². The van der Waals surface area contributed by atoms with Crippen LogP contribution in [0.15, 0.2) is 121 Å². The first-order valence-corrected chi connectivity index (χ1v) is 15.3. The molecule has 0 aliphatic heterocycles. The summed E-state index contributed by atoms with van der Waals surface area (Å²) < 4.78 is 4.81. The van der Waals surface area contributed by atoms with E-state index in [4.69, 9.17) is 0 Å². The second-order valence-corrected chi connectivity index (χ2v) is 12.4. The molecular formula is C38H20N2S2. The maximum atomic E-state index is 10.7. The molecule has 0 fully saturated rings. The standard InChI is InChI=1S/C38H20N2S2/c39-21-32-29(24-17-18-36-31(19-24)26-12-5-6-15-34(26)41-36)20-30(33(22-40)37(32)23-9-2-1-3-10-23)28-14-8-13-27-25-11-4-7-16-35(25)42-38(27)28/h1-20H. The maximum absolute atomic E-state index is 10.7. The molecule has 0 bridgehead atoms. The van der Waals surface area contributed by atoms with E-state index in [-0.39, 0.29) is 0 Å². The van der Waals surface area contributed by atoms with Crippen LogP contribution in [0.4, 0.5) is 0 Å². The lowest BCUT2D eigenvalue weighted by Gasteiger charge is -2.17. The molecule has 0 aliphatic carbocycles. The Bertz CT molecular complexity index is 2430. The highest BCUT2D eigenvalue weighted by atomic mass is 32.1. The molecule has 4 heteroatoms. The average molecular weight is 569 g/mol. The quantitative estimate of drug-likeness (QED) is 0.213. The molecule has 0 saturated heterocycles. The van der Waals surface area contributed by atoms with Gasteiger partial charge in [0.25, 0.3) is 0 Å². The van der Waals surface area contributed by atoms with Gasteiger partial charge in [-0.2, -0.15) is 10.5 Å². The maximum Gasteiger partial charge on any atom is 0.100 e. The number of hydrogen-bond acceptors (Lipinski definition) is 4. The van der Waals surface area contributed by atoms with Crippen molar-refractivity contribution < 1.29 is 0 Å². The molecule has 0 aliphatic rings. The summed E-state index contributed by atoms with van der Waals surface area (Å²) in [6, 6.07) is 46.6. The van der Waals surface area contributed by atoms with Crippen LogP contribution < -0.4 is 0 Å². The minimum Gasteiger partial charge on any atom is -0.192 e. The van der Waals surface area contributed by atoms with Crippen molar-refractivity contribution in [3.05, 3.63) is 132 Å². The van der Waals surface area contributed by atoms with E-state index in [0.717, 1.165) is 32.5 Å². The summed E-state index contributed by atoms with van der Waals surface area (Å²) in [7, 11) is 0. The molecule has 8 aromatic rings.